The number of aryl methyl sites for hydroxylation is 1. The summed E-state index contributed by atoms with van der Waals surface area (Å²) in [6.07, 6.45) is 0. The Hall–Kier alpha value is -3.91. The number of fused-ring (bicyclic) bond motifs is 1. The largest absolute Gasteiger partial charge is 0.439 e. The van der Waals surface area contributed by atoms with Crippen LogP contribution in [0.1, 0.15) is 11.3 Å². The number of anilines is 2. The third-order valence-electron chi connectivity index (χ3n) is 4.04. The molecule has 0 bridgehead atoms. The second-order valence-corrected chi connectivity index (χ2v) is 6.10. The van der Waals surface area contributed by atoms with Crippen molar-refractivity contribution in [2.75, 3.05) is 5.32 Å². The van der Waals surface area contributed by atoms with Crippen LogP contribution in [0.4, 0.5) is 11.6 Å². The van der Waals surface area contributed by atoms with E-state index >= 15 is 0 Å². The Morgan fingerprint density at radius 3 is 2.44 bits per heavy atom. The number of benzene rings is 3. The van der Waals surface area contributed by atoms with E-state index in [4.69, 9.17) is 10.00 Å². The maximum atomic E-state index is 8.89. The monoisotopic (exact) mass is 352 g/mol. The zero-order valence-corrected chi connectivity index (χ0v) is 14.7. The first-order valence-corrected chi connectivity index (χ1v) is 8.49. The molecule has 0 saturated carbocycles. The summed E-state index contributed by atoms with van der Waals surface area (Å²) >= 11 is 0. The molecule has 0 spiro atoms. The lowest BCUT2D eigenvalue weighted by atomic mass is 10.1. The number of aromatic nitrogens is 2. The highest BCUT2D eigenvalue weighted by molar-refractivity contribution is 5.83. The fourth-order valence-electron chi connectivity index (χ4n) is 2.76. The van der Waals surface area contributed by atoms with E-state index in [1.807, 2.05) is 55.5 Å². The van der Waals surface area contributed by atoms with Crippen molar-refractivity contribution in [1.82, 2.24) is 9.97 Å². The molecule has 1 heterocycles. The van der Waals surface area contributed by atoms with Gasteiger partial charge in [0.15, 0.2) is 0 Å². The second-order valence-electron chi connectivity index (χ2n) is 6.10. The standard InChI is InChI=1S/C22H16N4O/c1-15-12-21(27-20-11-8-17-4-2-3-5-18(17)13-20)26-22(24-15)25-19-9-6-16(14-23)7-10-19/h2-13H,1H3,(H,24,25,26). The molecule has 5 heteroatoms. The number of rotatable bonds is 4. The van der Waals surface area contributed by atoms with Crippen molar-refractivity contribution in [3.63, 3.8) is 0 Å². The smallest absolute Gasteiger partial charge is 0.230 e. The predicted molar refractivity (Wildman–Crippen MR) is 105 cm³/mol. The lowest BCUT2D eigenvalue weighted by Gasteiger charge is -2.10. The molecule has 5 nitrogen and oxygen atoms in total. The van der Waals surface area contributed by atoms with Crippen LogP contribution in [-0.2, 0) is 0 Å². The van der Waals surface area contributed by atoms with Gasteiger partial charge in [-0.1, -0.05) is 30.3 Å². The van der Waals surface area contributed by atoms with Crippen LogP contribution in [-0.4, -0.2) is 9.97 Å². The normalized spacial score (nSPS) is 10.4. The summed E-state index contributed by atoms with van der Waals surface area (Å²) in [6.45, 7) is 1.89. The zero-order valence-electron chi connectivity index (χ0n) is 14.7. The minimum Gasteiger partial charge on any atom is -0.439 e. The van der Waals surface area contributed by atoms with Gasteiger partial charge >= 0.3 is 0 Å². The van der Waals surface area contributed by atoms with Gasteiger partial charge in [0, 0.05) is 17.4 Å². The SMILES string of the molecule is Cc1cc(Oc2ccc3ccccc3c2)nc(Nc2ccc(C#N)cc2)n1. The number of ether oxygens (including phenoxy) is 1. The molecule has 0 atom stereocenters. The molecule has 0 radical (unpaired) electrons. The van der Waals surface area contributed by atoms with Crippen LogP contribution in [0.2, 0.25) is 0 Å². The first kappa shape index (κ1) is 16.6. The molecule has 0 aliphatic heterocycles. The van der Waals surface area contributed by atoms with Gasteiger partial charge < -0.3 is 10.1 Å². The van der Waals surface area contributed by atoms with Crippen LogP contribution >= 0.6 is 0 Å². The fourth-order valence-corrected chi connectivity index (χ4v) is 2.76. The van der Waals surface area contributed by atoms with Crippen LogP contribution in [0.15, 0.2) is 72.8 Å². The molecule has 0 amide bonds. The Morgan fingerprint density at radius 2 is 1.67 bits per heavy atom. The van der Waals surface area contributed by atoms with Gasteiger partial charge in [0.05, 0.1) is 11.6 Å². The van der Waals surface area contributed by atoms with E-state index in [0.29, 0.717) is 17.4 Å². The molecule has 0 aliphatic rings. The maximum Gasteiger partial charge on any atom is 0.230 e. The predicted octanol–water partition coefficient (Wildman–Crippen LogP) is 5.35. The van der Waals surface area contributed by atoms with E-state index in [0.717, 1.165) is 27.9 Å². The Bertz CT molecular complexity index is 1150. The van der Waals surface area contributed by atoms with E-state index < -0.39 is 0 Å². The summed E-state index contributed by atoms with van der Waals surface area (Å²) in [7, 11) is 0. The van der Waals surface area contributed by atoms with Crippen LogP contribution < -0.4 is 10.1 Å². The highest BCUT2D eigenvalue weighted by Gasteiger charge is 2.06. The number of nitrogens with one attached hydrogen (secondary N) is 1. The Labute approximate surface area is 156 Å². The van der Waals surface area contributed by atoms with Crippen molar-refractivity contribution in [1.29, 1.82) is 5.26 Å². The van der Waals surface area contributed by atoms with Gasteiger partial charge in [-0.2, -0.15) is 10.2 Å². The van der Waals surface area contributed by atoms with E-state index in [1.165, 1.54) is 0 Å². The molecule has 3 aromatic carbocycles. The van der Waals surface area contributed by atoms with E-state index in [9.17, 15) is 0 Å². The van der Waals surface area contributed by atoms with Gasteiger partial charge in [0.25, 0.3) is 0 Å². The lowest BCUT2D eigenvalue weighted by Crippen LogP contribution is -2.00. The summed E-state index contributed by atoms with van der Waals surface area (Å²) in [6, 6.07) is 25.1. The van der Waals surface area contributed by atoms with Crippen LogP contribution in [0, 0.1) is 18.3 Å². The maximum absolute atomic E-state index is 8.89. The molecule has 1 N–H and O–H groups in total. The summed E-state index contributed by atoms with van der Waals surface area (Å²) < 4.78 is 5.95. The zero-order chi connectivity index (χ0) is 18.6. The van der Waals surface area contributed by atoms with E-state index in [-0.39, 0.29) is 0 Å². The highest BCUT2D eigenvalue weighted by Crippen LogP contribution is 2.26. The topological polar surface area (TPSA) is 70.8 Å². The summed E-state index contributed by atoms with van der Waals surface area (Å²) in [5, 5.41) is 14.3. The fraction of sp³-hybridized carbons (Fsp3) is 0.0455. The Kier molecular flexibility index (Phi) is 4.38. The van der Waals surface area contributed by atoms with Crippen LogP contribution in [0.25, 0.3) is 10.8 Å². The van der Waals surface area contributed by atoms with Crippen LogP contribution in [0.5, 0.6) is 11.6 Å². The first-order chi connectivity index (χ1) is 13.2. The molecule has 130 valence electrons. The highest BCUT2D eigenvalue weighted by atomic mass is 16.5. The van der Waals surface area contributed by atoms with E-state index in [1.54, 1.807) is 18.2 Å². The lowest BCUT2D eigenvalue weighted by molar-refractivity contribution is 0.462. The Morgan fingerprint density at radius 1 is 0.889 bits per heavy atom. The van der Waals surface area contributed by atoms with Crippen molar-refractivity contribution in [2.45, 2.75) is 6.92 Å². The van der Waals surface area contributed by atoms with Crippen molar-refractivity contribution >= 4 is 22.4 Å². The first-order valence-electron chi connectivity index (χ1n) is 8.49. The minimum absolute atomic E-state index is 0.440. The molecular formula is C22H16N4O. The van der Waals surface area contributed by atoms with Crippen molar-refractivity contribution < 1.29 is 4.74 Å². The van der Waals surface area contributed by atoms with Gasteiger partial charge in [0.1, 0.15) is 5.75 Å². The second kappa shape index (κ2) is 7.14. The third-order valence-corrected chi connectivity index (χ3v) is 4.04. The van der Waals surface area contributed by atoms with Crippen molar-refractivity contribution in [3.8, 4) is 17.7 Å². The van der Waals surface area contributed by atoms with Gasteiger partial charge in [0.2, 0.25) is 11.8 Å². The number of nitrogens with zero attached hydrogens (tertiary/aromatic N) is 3. The van der Waals surface area contributed by atoms with Gasteiger partial charge in [-0.15, -0.1) is 0 Å². The van der Waals surface area contributed by atoms with Crippen molar-refractivity contribution in [3.05, 3.63) is 84.1 Å². The molecule has 4 rings (SSSR count). The quantitative estimate of drug-likeness (QED) is 0.536. The molecule has 0 unspecified atom stereocenters. The molecule has 0 fully saturated rings. The number of hydrogen-bond acceptors (Lipinski definition) is 5. The molecule has 4 aromatic rings. The third kappa shape index (κ3) is 3.86. The van der Waals surface area contributed by atoms with Gasteiger partial charge in [-0.05, 0) is 54.1 Å². The minimum atomic E-state index is 0.440. The summed E-state index contributed by atoms with van der Waals surface area (Å²) in [4.78, 5) is 8.83. The molecule has 0 aliphatic carbocycles. The summed E-state index contributed by atoms with van der Waals surface area (Å²) in [5.41, 5.74) is 2.19. The van der Waals surface area contributed by atoms with Crippen LogP contribution in [0.3, 0.4) is 0 Å². The number of hydrogen-bond donors (Lipinski definition) is 1. The molecule has 27 heavy (non-hydrogen) atoms. The summed E-state index contributed by atoms with van der Waals surface area (Å²) in [5.74, 6) is 1.63. The van der Waals surface area contributed by atoms with Gasteiger partial charge in [-0.25, -0.2) is 4.98 Å². The van der Waals surface area contributed by atoms with E-state index in [2.05, 4.69) is 27.4 Å². The van der Waals surface area contributed by atoms with Gasteiger partial charge in [-0.3, -0.25) is 0 Å². The number of nitriles is 1. The Balaban J connectivity index is 1.58. The molecule has 0 saturated heterocycles. The average molecular weight is 352 g/mol. The molecule has 1 aromatic heterocycles. The molecular weight excluding hydrogens is 336 g/mol. The average Bonchev–Trinajstić information content (AvgIpc) is 2.68. The van der Waals surface area contributed by atoms with Crippen molar-refractivity contribution in [2.24, 2.45) is 0 Å².